The maximum Gasteiger partial charge on any atom is 0.307 e. The number of esters is 1. The molecule has 0 saturated carbocycles. The normalized spacial score (nSPS) is 26.4. The van der Waals surface area contributed by atoms with Gasteiger partial charge in [0.15, 0.2) is 0 Å². The zero-order valence-electron chi connectivity index (χ0n) is 10.9. The average molecular weight is 250 g/mol. The van der Waals surface area contributed by atoms with Gasteiger partial charge in [0.05, 0.1) is 18.4 Å². The van der Waals surface area contributed by atoms with E-state index in [1.54, 1.807) is 32.1 Å². The second kappa shape index (κ2) is 5.76. The van der Waals surface area contributed by atoms with Crippen LogP contribution < -0.4 is 0 Å². The van der Waals surface area contributed by atoms with E-state index >= 15 is 0 Å². The fourth-order valence-electron chi connectivity index (χ4n) is 2.27. The van der Waals surface area contributed by atoms with Crippen LogP contribution in [0.25, 0.3) is 0 Å². The number of ketones is 1. The predicted octanol–water partition coefficient (Wildman–Crippen LogP) is 1.85. The summed E-state index contributed by atoms with van der Waals surface area (Å²) in [6.07, 6.45) is 5.73. The first kappa shape index (κ1) is 14.4. The minimum Gasteiger partial charge on any atom is -0.466 e. The minimum absolute atomic E-state index is 0.0288. The van der Waals surface area contributed by atoms with Crippen LogP contribution in [-0.4, -0.2) is 24.6 Å². The highest BCUT2D eigenvalue weighted by molar-refractivity contribution is 5.92. The quantitative estimate of drug-likeness (QED) is 0.552. The van der Waals surface area contributed by atoms with Crippen LogP contribution in [-0.2, 0) is 19.1 Å². The van der Waals surface area contributed by atoms with E-state index < -0.39 is 11.4 Å². The Hall–Kier alpha value is -1.71. The Labute approximate surface area is 107 Å². The van der Waals surface area contributed by atoms with E-state index in [1.807, 2.05) is 0 Å². The lowest BCUT2D eigenvalue weighted by atomic mass is 9.66. The number of carbonyl (C=O) groups is 3. The Morgan fingerprint density at radius 3 is 2.67 bits per heavy atom. The van der Waals surface area contributed by atoms with Crippen molar-refractivity contribution in [3.63, 3.8) is 0 Å². The highest BCUT2D eigenvalue weighted by atomic mass is 16.5. The average Bonchev–Trinajstić information content (AvgIpc) is 2.32. The van der Waals surface area contributed by atoms with E-state index in [9.17, 15) is 14.4 Å². The fraction of sp³-hybridized carbons (Fsp3) is 0.500. The topological polar surface area (TPSA) is 60.4 Å². The molecule has 0 amide bonds. The van der Waals surface area contributed by atoms with Gasteiger partial charge in [-0.25, -0.2) is 0 Å². The zero-order valence-corrected chi connectivity index (χ0v) is 10.9. The molecule has 0 aromatic rings. The SMILES string of the molecule is CCOC(=O)C[C@]1(C(C)=O)C=CC=C(C=O)[C@H]1C. The summed E-state index contributed by atoms with van der Waals surface area (Å²) in [5.74, 6) is -0.870. The number of allylic oxidation sites excluding steroid dienone is 4. The van der Waals surface area contributed by atoms with Crippen molar-refractivity contribution in [2.24, 2.45) is 11.3 Å². The molecule has 0 N–H and O–H groups in total. The molecule has 0 bridgehead atoms. The second-order valence-corrected chi connectivity index (χ2v) is 4.44. The molecule has 0 spiro atoms. The number of hydrogen-bond acceptors (Lipinski definition) is 4. The van der Waals surface area contributed by atoms with Gasteiger partial charge in [-0.2, -0.15) is 0 Å². The van der Waals surface area contributed by atoms with Gasteiger partial charge in [-0.05, 0) is 19.4 Å². The van der Waals surface area contributed by atoms with E-state index in [0.717, 1.165) is 6.29 Å². The molecular formula is C14H18O4. The molecular weight excluding hydrogens is 232 g/mol. The molecule has 4 heteroatoms. The molecule has 0 fully saturated rings. The molecule has 1 aliphatic carbocycles. The lowest BCUT2D eigenvalue weighted by Gasteiger charge is -2.35. The van der Waals surface area contributed by atoms with Crippen molar-refractivity contribution in [2.45, 2.75) is 27.2 Å². The van der Waals surface area contributed by atoms with Crippen molar-refractivity contribution < 1.29 is 19.1 Å². The van der Waals surface area contributed by atoms with Crippen LogP contribution in [0.5, 0.6) is 0 Å². The van der Waals surface area contributed by atoms with E-state index in [0.29, 0.717) is 5.57 Å². The molecule has 0 aromatic heterocycles. The third-order valence-electron chi connectivity index (χ3n) is 3.49. The zero-order chi connectivity index (χ0) is 13.8. The van der Waals surface area contributed by atoms with E-state index in [2.05, 4.69) is 0 Å². The van der Waals surface area contributed by atoms with Gasteiger partial charge >= 0.3 is 5.97 Å². The van der Waals surface area contributed by atoms with Crippen molar-refractivity contribution in [3.05, 3.63) is 23.8 Å². The van der Waals surface area contributed by atoms with Crippen LogP contribution in [0.4, 0.5) is 0 Å². The van der Waals surface area contributed by atoms with Gasteiger partial charge < -0.3 is 4.74 Å². The molecule has 2 atom stereocenters. The van der Waals surface area contributed by atoms with Gasteiger partial charge in [0.2, 0.25) is 0 Å². The maximum absolute atomic E-state index is 11.9. The van der Waals surface area contributed by atoms with Crippen molar-refractivity contribution in [3.8, 4) is 0 Å². The van der Waals surface area contributed by atoms with E-state index in [4.69, 9.17) is 4.74 Å². The van der Waals surface area contributed by atoms with Crippen LogP contribution >= 0.6 is 0 Å². The lowest BCUT2D eigenvalue weighted by molar-refractivity contribution is -0.148. The minimum atomic E-state index is -0.961. The van der Waals surface area contributed by atoms with Crippen LogP contribution in [0.15, 0.2) is 23.8 Å². The van der Waals surface area contributed by atoms with Gasteiger partial charge in [0, 0.05) is 5.92 Å². The third-order valence-corrected chi connectivity index (χ3v) is 3.49. The number of rotatable bonds is 5. The Kier molecular flexibility index (Phi) is 4.59. The fourth-order valence-corrected chi connectivity index (χ4v) is 2.27. The number of aldehydes is 1. The summed E-state index contributed by atoms with van der Waals surface area (Å²) in [5, 5.41) is 0. The summed E-state index contributed by atoms with van der Waals surface area (Å²) in [5.41, 5.74) is -0.436. The van der Waals surface area contributed by atoms with Gasteiger partial charge in [-0.1, -0.05) is 25.2 Å². The van der Waals surface area contributed by atoms with Gasteiger partial charge in [0.1, 0.15) is 12.1 Å². The summed E-state index contributed by atoms with van der Waals surface area (Å²) in [4.78, 5) is 34.5. The molecule has 0 heterocycles. The molecule has 0 aromatic carbocycles. The van der Waals surface area contributed by atoms with Crippen molar-refractivity contribution in [2.75, 3.05) is 6.61 Å². The summed E-state index contributed by atoms with van der Waals surface area (Å²) in [6.45, 7) is 5.22. The first-order valence-corrected chi connectivity index (χ1v) is 5.99. The Balaban J connectivity index is 3.06. The van der Waals surface area contributed by atoms with Crippen LogP contribution in [0, 0.1) is 11.3 Å². The highest BCUT2D eigenvalue weighted by Crippen LogP contribution is 2.41. The van der Waals surface area contributed by atoms with Crippen LogP contribution in [0.2, 0.25) is 0 Å². The Morgan fingerprint density at radius 1 is 1.50 bits per heavy atom. The molecule has 1 rings (SSSR count). The monoisotopic (exact) mass is 250 g/mol. The van der Waals surface area contributed by atoms with Crippen molar-refractivity contribution >= 4 is 18.0 Å². The van der Waals surface area contributed by atoms with Gasteiger partial charge in [0.25, 0.3) is 0 Å². The summed E-state index contributed by atoms with van der Waals surface area (Å²) in [7, 11) is 0. The van der Waals surface area contributed by atoms with Crippen LogP contribution in [0.3, 0.4) is 0 Å². The number of carbonyl (C=O) groups excluding carboxylic acids is 3. The summed E-state index contributed by atoms with van der Waals surface area (Å²) in [6, 6.07) is 0. The van der Waals surface area contributed by atoms with Gasteiger partial charge in [-0.15, -0.1) is 0 Å². The second-order valence-electron chi connectivity index (χ2n) is 4.44. The number of ether oxygens (including phenoxy) is 1. The van der Waals surface area contributed by atoms with E-state index in [1.165, 1.54) is 6.92 Å². The number of hydrogen-bond donors (Lipinski definition) is 0. The smallest absolute Gasteiger partial charge is 0.307 e. The first-order chi connectivity index (χ1) is 8.47. The molecule has 0 aliphatic heterocycles. The van der Waals surface area contributed by atoms with Gasteiger partial charge in [-0.3, -0.25) is 14.4 Å². The molecule has 0 saturated heterocycles. The molecule has 1 aliphatic rings. The lowest BCUT2D eigenvalue weighted by Crippen LogP contribution is -2.39. The molecule has 98 valence electrons. The largest absolute Gasteiger partial charge is 0.466 e. The number of Topliss-reactive ketones (excluding diaryl/α,β-unsaturated/α-hetero) is 1. The highest BCUT2D eigenvalue weighted by Gasteiger charge is 2.43. The predicted molar refractivity (Wildman–Crippen MR) is 66.8 cm³/mol. The summed E-state index contributed by atoms with van der Waals surface area (Å²) < 4.78 is 4.90. The molecule has 4 nitrogen and oxygen atoms in total. The van der Waals surface area contributed by atoms with Crippen molar-refractivity contribution in [1.82, 2.24) is 0 Å². The van der Waals surface area contributed by atoms with Crippen LogP contribution in [0.1, 0.15) is 27.2 Å². The summed E-state index contributed by atoms with van der Waals surface area (Å²) >= 11 is 0. The Bertz CT molecular complexity index is 420. The molecule has 0 radical (unpaired) electrons. The third kappa shape index (κ3) is 2.58. The standard InChI is InChI=1S/C14H18O4/c1-4-18-13(17)8-14(11(3)16)7-5-6-12(9-15)10(14)2/h5-7,9-10H,4,8H2,1-3H3/t10-,14-/m1/s1. The Morgan fingerprint density at radius 2 is 2.17 bits per heavy atom. The van der Waals surface area contributed by atoms with Crippen molar-refractivity contribution in [1.29, 1.82) is 0 Å². The first-order valence-electron chi connectivity index (χ1n) is 5.99. The molecule has 18 heavy (non-hydrogen) atoms. The molecule has 0 unspecified atom stereocenters. The van der Waals surface area contributed by atoms with E-state index in [-0.39, 0.29) is 24.7 Å². The maximum atomic E-state index is 11.9.